The van der Waals surface area contributed by atoms with Gasteiger partial charge in [0.2, 0.25) is 11.8 Å². The van der Waals surface area contributed by atoms with Gasteiger partial charge in [-0.3, -0.25) is 19.7 Å². The van der Waals surface area contributed by atoms with Crippen LogP contribution in [0.5, 0.6) is 0 Å². The molecule has 0 spiro atoms. The van der Waals surface area contributed by atoms with Gasteiger partial charge >= 0.3 is 0 Å². The highest BCUT2D eigenvalue weighted by Crippen LogP contribution is 2.25. The Morgan fingerprint density at radius 1 is 1.32 bits per heavy atom. The van der Waals surface area contributed by atoms with Crippen molar-refractivity contribution in [2.45, 2.75) is 40.0 Å². The molecule has 1 saturated heterocycles. The lowest BCUT2D eigenvalue weighted by Gasteiger charge is -2.32. The number of hydrogen-bond acceptors (Lipinski definition) is 4. The third-order valence-electron chi connectivity index (χ3n) is 4.60. The molecule has 0 unspecified atom stereocenters. The zero-order valence-corrected chi connectivity index (χ0v) is 14.9. The molecule has 1 aliphatic heterocycles. The summed E-state index contributed by atoms with van der Waals surface area (Å²) in [6.07, 6.45) is 1.78. The number of likely N-dealkylation sites (tertiary alicyclic amines) is 1. The van der Waals surface area contributed by atoms with E-state index in [0.717, 1.165) is 0 Å². The number of benzene rings is 1. The van der Waals surface area contributed by atoms with Gasteiger partial charge in [-0.1, -0.05) is 26.8 Å². The third kappa shape index (κ3) is 4.55. The molecular weight excluding hydrogens is 322 g/mol. The van der Waals surface area contributed by atoms with E-state index in [1.807, 2.05) is 20.8 Å². The molecule has 0 aromatic heterocycles. The van der Waals surface area contributed by atoms with Gasteiger partial charge in [0.15, 0.2) is 0 Å². The molecule has 1 aromatic rings. The Labute approximate surface area is 147 Å². The van der Waals surface area contributed by atoms with E-state index in [2.05, 4.69) is 5.32 Å². The zero-order valence-electron chi connectivity index (χ0n) is 14.9. The molecule has 25 heavy (non-hydrogen) atoms. The van der Waals surface area contributed by atoms with Gasteiger partial charge in [0.1, 0.15) is 0 Å². The number of nitro benzene ring substituents is 1. The maximum Gasteiger partial charge on any atom is 0.274 e. The van der Waals surface area contributed by atoms with Crippen molar-refractivity contribution in [1.82, 2.24) is 4.90 Å². The van der Waals surface area contributed by atoms with Crippen LogP contribution in [-0.2, 0) is 16.0 Å². The summed E-state index contributed by atoms with van der Waals surface area (Å²) in [4.78, 5) is 36.9. The lowest BCUT2D eigenvalue weighted by molar-refractivity contribution is -0.385. The lowest BCUT2D eigenvalue weighted by Crippen LogP contribution is -2.43. The molecule has 136 valence electrons. The van der Waals surface area contributed by atoms with Crippen LogP contribution in [0.3, 0.4) is 0 Å². The normalized spacial score (nSPS) is 15.3. The highest BCUT2D eigenvalue weighted by Gasteiger charge is 2.28. The fourth-order valence-corrected chi connectivity index (χ4v) is 3.08. The number of rotatable bonds is 5. The SMILES string of the molecule is CCc1ccc(NC(=O)C2CCN(C(=O)C(C)C)CC2)cc1[N+](=O)[O-]. The number of aryl methyl sites for hydroxylation is 1. The van der Waals surface area contributed by atoms with E-state index in [-0.39, 0.29) is 29.3 Å². The van der Waals surface area contributed by atoms with Crippen LogP contribution in [0.25, 0.3) is 0 Å². The van der Waals surface area contributed by atoms with Crippen molar-refractivity contribution in [1.29, 1.82) is 0 Å². The van der Waals surface area contributed by atoms with E-state index in [0.29, 0.717) is 43.6 Å². The highest BCUT2D eigenvalue weighted by molar-refractivity contribution is 5.93. The number of carbonyl (C=O) groups is 2. The Kier molecular flexibility index (Phi) is 6.12. The van der Waals surface area contributed by atoms with Gasteiger partial charge in [0.25, 0.3) is 5.69 Å². The van der Waals surface area contributed by atoms with Gasteiger partial charge < -0.3 is 10.2 Å². The van der Waals surface area contributed by atoms with Gasteiger partial charge in [0, 0.05) is 42.2 Å². The quantitative estimate of drug-likeness (QED) is 0.654. The van der Waals surface area contributed by atoms with E-state index in [4.69, 9.17) is 0 Å². The Hall–Kier alpha value is -2.44. The highest BCUT2D eigenvalue weighted by atomic mass is 16.6. The predicted molar refractivity (Wildman–Crippen MR) is 95.2 cm³/mol. The number of hydrogen-bond donors (Lipinski definition) is 1. The van der Waals surface area contributed by atoms with Crippen molar-refractivity contribution in [3.05, 3.63) is 33.9 Å². The maximum absolute atomic E-state index is 12.4. The first-order valence-electron chi connectivity index (χ1n) is 8.70. The molecule has 7 nitrogen and oxygen atoms in total. The van der Waals surface area contributed by atoms with Crippen LogP contribution in [0.15, 0.2) is 18.2 Å². The van der Waals surface area contributed by atoms with Crippen molar-refractivity contribution in [3.8, 4) is 0 Å². The molecular formula is C18H25N3O4. The molecule has 7 heteroatoms. The molecule has 0 atom stereocenters. The second-order valence-electron chi connectivity index (χ2n) is 6.70. The molecule has 1 aromatic carbocycles. The average molecular weight is 347 g/mol. The molecule has 1 heterocycles. The van der Waals surface area contributed by atoms with Crippen molar-refractivity contribution in [3.63, 3.8) is 0 Å². The number of anilines is 1. The molecule has 0 bridgehead atoms. The minimum atomic E-state index is -0.426. The first-order chi connectivity index (χ1) is 11.8. The number of nitrogens with zero attached hydrogens (tertiary/aromatic N) is 2. The Morgan fingerprint density at radius 3 is 2.48 bits per heavy atom. The molecule has 0 saturated carbocycles. The topological polar surface area (TPSA) is 92.6 Å². The van der Waals surface area contributed by atoms with Crippen molar-refractivity contribution >= 4 is 23.2 Å². The molecule has 1 N–H and O–H groups in total. The largest absolute Gasteiger partial charge is 0.342 e. The van der Waals surface area contributed by atoms with E-state index in [1.165, 1.54) is 6.07 Å². The molecule has 2 amide bonds. The molecule has 0 aliphatic carbocycles. The number of nitro groups is 1. The number of piperidine rings is 1. The molecule has 2 rings (SSSR count). The van der Waals surface area contributed by atoms with Crippen LogP contribution in [0.4, 0.5) is 11.4 Å². The van der Waals surface area contributed by atoms with Crippen molar-refractivity contribution in [2.24, 2.45) is 11.8 Å². The minimum absolute atomic E-state index is 0.0256. The summed E-state index contributed by atoms with van der Waals surface area (Å²) in [6.45, 7) is 6.74. The summed E-state index contributed by atoms with van der Waals surface area (Å²) in [7, 11) is 0. The second-order valence-corrected chi connectivity index (χ2v) is 6.70. The summed E-state index contributed by atoms with van der Waals surface area (Å²) >= 11 is 0. The first-order valence-corrected chi connectivity index (χ1v) is 8.70. The van der Waals surface area contributed by atoms with Crippen LogP contribution in [0.1, 0.15) is 39.2 Å². The van der Waals surface area contributed by atoms with Gasteiger partial charge in [-0.25, -0.2) is 0 Å². The van der Waals surface area contributed by atoms with Crippen LogP contribution < -0.4 is 5.32 Å². The van der Waals surface area contributed by atoms with Crippen LogP contribution >= 0.6 is 0 Å². The van der Waals surface area contributed by atoms with Gasteiger partial charge in [-0.05, 0) is 25.3 Å². The summed E-state index contributed by atoms with van der Waals surface area (Å²) in [5.74, 6) is -0.246. The average Bonchev–Trinajstić information content (AvgIpc) is 2.60. The lowest BCUT2D eigenvalue weighted by atomic mass is 9.95. The zero-order chi connectivity index (χ0) is 18.6. The Bertz CT molecular complexity index is 664. The number of nitrogens with one attached hydrogen (secondary N) is 1. The minimum Gasteiger partial charge on any atom is -0.342 e. The summed E-state index contributed by atoms with van der Waals surface area (Å²) in [5.41, 5.74) is 1.11. The molecule has 1 fully saturated rings. The van der Waals surface area contributed by atoms with Crippen LogP contribution in [0.2, 0.25) is 0 Å². The molecule has 0 radical (unpaired) electrons. The monoisotopic (exact) mass is 347 g/mol. The fraction of sp³-hybridized carbons (Fsp3) is 0.556. The maximum atomic E-state index is 12.4. The first kappa shape index (κ1) is 18.9. The van der Waals surface area contributed by atoms with E-state index in [1.54, 1.807) is 17.0 Å². The van der Waals surface area contributed by atoms with Crippen molar-refractivity contribution in [2.75, 3.05) is 18.4 Å². The smallest absolute Gasteiger partial charge is 0.274 e. The third-order valence-corrected chi connectivity index (χ3v) is 4.60. The summed E-state index contributed by atoms with van der Waals surface area (Å²) in [5, 5.41) is 13.9. The van der Waals surface area contributed by atoms with Crippen molar-refractivity contribution < 1.29 is 14.5 Å². The van der Waals surface area contributed by atoms with E-state index < -0.39 is 4.92 Å². The standard InChI is InChI=1S/C18H25N3O4/c1-4-13-5-6-15(11-16(13)21(24)25)19-17(22)14-7-9-20(10-8-14)18(23)12(2)3/h5-6,11-12,14H,4,7-10H2,1-3H3,(H,19,22). The van der Waals surface area contributed by atoms with Gasteiger partial charge in [-0.15, -0.1) is 0 Å². The van der Waals surface area contributed by atoms with Crippen LogP contribution in [0, 0.1) is 22.0 Å². The van der Waals surface area contributed by atoms with E-state index in [9.17, 15) is 19.7 Å². The summed E-state index contributed by atoms with van der Waals surface area (Å²) < 4.78 is 0. The predicted octanol–water partition coefficient (Wildman–Crippen LogP) is 2.99. The van der Waals surface area contributed by atoms with Gasteiger partial charge in [0.05, 0.1) is 4.92 Å². The van der Waals surface area contributed by atoms with Gasteiger partial charge in [-0.2, -0.15) is 0 Å². The fourth-order valence-electron chi connectivity index (χ4n) is 3.08. The van der Waals surface area contributed by atoms with Crippen LogP contribution in [-0.4, -0.2) is 34.7 Å². The molecule has 1 aliphatic rings. The summed E-state index contributed by atoms with van der Waals surface area (Å²) in [6, 6.07) is 4.78. The number of amides is 2. The second kappa shape index (κ2) is 8.09. The Balaban J connectivity index is 1.98. The number of carbonyl (C=O) groups excluding carboxylic acids is 2. The Morgan fingerprint density at radius 2 is 1.96 bits per heavy atom. The van der Waals surface area contributed by atoms with E-state index >= 15 is 0 Å².